The van der Waals surface area contributed by atoms with E-state index in [1.807, 2.05) is 26.2 Å². The van der Waals surface area contributed by atoms with E-state index < -0.39 is 22.2 Å². The summed E-state index contributed by atoms with van der Waals surface area (Å²) < 4.78 is 34.9. The molecule has 0 saturated heterocycles. The second-order valence-corrected chi connectivity index (χ2v) is 7.86. The van der Waals surface area contributed by atoms with Crippen molar-refractivity contribution in [1.82, 2.24) is 9.84 Å². The second kappa shape index (κ2) is 8.19. The number of benzene rings is 1. The Morgan fingerprint density at radius 2 is 1.56 bits per heavy atom. The number of sulfonamides is 1. The van der Waals surface area contributed by atoms with Crippen molar-refractivity contribution in [1.29, 1.82) is 0 Å². The van der Waals surface area contributed by atoms with Crippen LogP contribution in [-0.4, -0.2) is 38.2 Å². The molecule has 0 bridgehead atoms. The Morgan fingerprint density at radius 3 is 2.00 bits per heavy atom. The number of ether oxygens (including phenoxy) is 2. The smallest absolute Gasteiger partial charge is 0.443 e. The minimum atomic E-state index is -4.35. The van der Waals surface area contributed by atoms with Crippen molar-refractivity contribution in [3.8, 4) is 0 Å². The van der Waals surface area contributed by atoms with E-state index in [1.165, 1.54) is 19.1 Å². The molecular weight excluding hydrogens is 348 g/mol. The first-order valence-corrected chi connectivity index (χ1v) is 9.24. The molecule has 0 saturated carbocycles. The Labute approximate surface area is 148 Å². The van der Waals surface area contributed by atoms with Gasteiger partial charge in [-0.1, -0.05) is 32.9 Å². The quantitative estimate of drug-likeness (QED) is 0.816. The highest BCUT2D eigenvalue weighted by Gasteiger charge is 2.33. The maximum absolute atomic E-state index is 12.7. The lowest BCUT2D eigenvalue weighted by Crippen LogP contribution is -2.50. The van der Waals surface area contributed by atoms with E-state index in [9.17, 15) is 18.0 Å². The Kier molecular flexibility index (Phi) is 6.80. The highest BCUT2D eigenvalue weighted by molar-refractivity contribution is 7.89. The maximum atomic E-state index is 12.7. The molecule has 8 nitrogen and oxygen atoms in total. The van der Waals surface area contributed by atoms with Crippen LogP contribution in [0.3, 0.4) is 0 Å². The van der Waals surface area contributed by atoms with Gasteiger partial charge < -0.3 is 9.47 Å². The minimum Gasteiger partial charge on any atom is -0.449 e. The van der Waals surface area contributed by atoms with Crippen molar-refractivity contribution in [2.45, 2.75) is 44.9 Å². The second-order valence-electron chi connectivity index (χ2n) is 6.08. The molecule has 0 atom stereocenters. The summed E-state index contributed by atoms with van der Waals surface area (Å²) in [5, 5.41) is 0. The van der Waals surface area contributed by atoms with Gasteiger partial charge in [0.2, 0.25) is 0 Å². The van der Waals surface area contributed by atoms with E-state index in [2.05, 4.69) is 4.74 Å². The third kappa shape index (κ3) is 5.35. The topological polar surface area (TPSA) is 102 Å². The molecule has 1 N–H and O–H groups in total. The molecule has 25 heavy (non-hydrogen) atoms. The third-order valence-corrected chi connectivity index (χ3v) is 4.75. The van der Waals surface area contributed by atoms with E-state index >= 15 is 0 Å². The van der Waals surface area contributed by atoms with Crippen LogP contribution < -0.4 is 5.43 Å². The third-order valence-electron chi connectivity index (χ3n) is 3.16. The molecule has 0 aliphatic heterocycles. The van der Waals surface area contributed by atoms with Crippen LogP contribution in [0.4, 0.5) is 9.59 Å². The summed E-state index contributed by atoms with van der Waals surface area (Å²) in [5.41, 5.74) is 2.66. The summed E-state index contributed by atoms with van der Waals surface area (Å²) in [6.45, 7) is 9.00. The Hall–Kier alpha value is -2.29. The van der Waals surface area contributed by atoms with Crippen LogP contribution in [0.25, 0.3) is 0 Å². The molecule has 9 heteroatoms. The Bertz CT molecular complexity index is 707. The molecule has 1 rings (SSSR count). The lowest BCUT2D eigenvalue weighted by atomic mass is 9.87. The average molecular weight is 372 g/mol. The summed E-state index contributed by atoms with van der Waals surface area (Å²) in [4.78, 5) is 23.4. The molecule has 0 aliphatic rings. The van der Waals surface area contributed by atoms with Crippen LogP contribution in [0.1, 0.15) is 40.2 Å². The van der Waals surface area contributed by atoms with Gasteiger partial charge in [0.25, 0.3) is 10.0 Å². The SMILES string of the molecule is CCOC(=O)NN(C(=O)OCC)S(=O)(=O)c1ccc(C(C)(C)C)cc1. The van der Waals surface area contributed by atoms with Gasteiger partial charge in [-0.2, -0.15) is 8.42 Å². The number of nitrogens with one attached hydrogen (secondary N) is 1. The van der Waals surface area contributed by atoms with Gasteiger partial charge in [0.05, 0.1) is 18.1 Å². The molecule has 1 aromatic carbocycles. The largest absolute Gasteiger partial charge is 0.449 e. The lowest BCUT2D eigenvalue weighted by molar-refractivity contribution is 0.103. The predicted molar refractivity (Wildman–Crippen MR) is 91.3 cm³/mol. The summed E-state index contributed by atoms with van der Waals surface area (Å²) in [6.07, 6.45) is -2.30. The normalized spacial score (nSPS) is 11.6. The molecule has 0 heterocycles. The molecule has 0 unspecified atom stereocenters. The van der Waals surface area contributed by atoms with Gasteiger partial charge in [0.1, 0.15) is 0 Å². The number of carbonyl (C=O) groups is 2. The Balaban J connectivity index is 3.21. The Morgan fingerprint density at radius 1 is 1.04 bits per heavy atom. The molecular formula is C16H24N2O6S. The summed E-state index contributed by atoms with van der Waals surface area (Å²) in [6, 6.07) is 6.05. The van der Waals surface area contributed by atoms with Gasteiger partial charge in [-0.25, -0.2) is 15.0 Å². The van der Waals surface area contributed by atoms with Gasteiger partial charge in [-0.3, -0.25) is 0 Å². The standard InChI is InChI=1S/C16H24N2O6S/c1-6-23-14(19)17-18(15(20)24-7-2)25(21,22)13-10-8-12(9-11-13)16(3,4)5/h8-11H,6-7H2,1-5H3,(H,17,19). The number of rotatable bonds is 4. The lowest BCUT2D eigenvalue weighted by Gasteiger charge is -2.22. The van der Waals surface area contributed by atoms with Crippen LogP contribution in [0.5, 0.6) is 0 Å². The van der Waals surface area contributed by atoms with Crippen LogP contribution in [0.15, 0.2) is 29.2 Å². The zero-order valence-corrected chi connectivity index (χ0v) is 15.8. The number of carbonyl (C=O) groups excluding carboxylic acids is 2. The number of hydrazine groups is 1. The van der Waals surface area contributed by atoms with Crippen molar-refractivity contribution >= 4 is 22.2 Å². The first-order valence-electron chi connectivity index (χ1n) is 7.80. The van der Waals surface area contributed by atoms with Gasteiger partial charge in [-0.15, -0.1) is 4.41 Å². The van der Waals surface area contributed by atoms with Gasteiger partial charge in [0, 0.05) is 0 Å². The van der Waals surface area contributed by atoms with Crippen molar-refractivity contribution < 1.29 is 27.5 Å². The molecule has 1 aromatic rings. The van der Waals surface area contributed by atoms with E-state index in [-0.39, 0.29) is 27.9 Å². The fourth-order valence-corrected chi connectivity index (χ4v) is 3.00. The fourth-order valence-electron chi connectivity index (χ4n) is 1.86. The summed E-state index contributed by atoms with van der Waals surface area (Å²) in [5.74, 6) is 0. The first-order chi connectivity index (χ1) is 11.5. The van der Waals surface area contributed by atoms with E-state index in [4.69, 9.17) is 4.74 Å². The first kappa shape index (κ1) is 20.8. The van der Waals surface area contributed by atoms with E-state index in [0.717, 1.165) is 5.56 Å². The molecule has 2 amide bonds. The van der Waals surface area contributed by atoms with Gasteiger partial charge in [0.15, 0.2) is 0 Å². The van der Waals surface area contributed by atoms with Crippen molar-refractivity contribution in [2.24, 2.45) is 0 Å². The highest BCUT2D eigenvalue weighted by Crippen LogP contribution is 2.24. The zero-order chi connectivity index (χ0) is 19.3. The van der Waals surface area contributed by atoms with Gasteiger partial charge in [-0.05, 0) is 37.0 Å². The maximum Gasteiger partial charge on any atom is 0.443 e. The fraction of sp³-hybridized carbons (Fsp3) is 0.500. The van der Waals surface area contributed by atoms with E-state index in [0.29, 0.717) is 0 Å². The van der Waals surface area contributed by atoms with Crippen LogP contribution in [0.2, 0.25) is 0 Å². The van der Waals surface area contributed by atoms with E-state index in [1.54, 1.807) is 19.1 Å². The number of hydrogen-bond donors (Lipinski definition) is 1. The predicted octanol–water partition coefficient (Wildman–Crippen LogP) is 2.79. The average Bonchev–Trinajstić information content (AvgIpc) is 2.52. The van der Waals surface area contributed by atoms with Crippen LogP contribution in [-0.2, 0) is 24.9 Å². The molecule has 0 spiro atoms. The highest BCUT2D eigenvalue weighted by atomic mass is 32.2. The van der Waals surface area contributed by atoms with Crippen molar-refractivity contribution in [2.75, 3.05) is 13.2 Å². The van der Waals surface area contributed by atoms with Crippen LogP contribution >= 0.6 is 0 Å². The van der Waals surface area contributed by atoms with Crippen molar-refractivity contribution in [3.63, 3.8) is 0 Å². The number of amides is 2. The molecule has 140 valence electrons. The zero-order valence-electron chi connectivity index (χ0n) is 15.0. The molecule has 0 radical (unpaired) electrons. The minimum absolute atomic E-state index is 0.0167. The molecule has 0 fully saturated rings. The van der Waals surface area contributed by atoms with Crippen LogP contribution in [0, 0.1) is 0 Å². The number of nitrogens with zero attached hydrogens (tertiary/aromatic N) is 1. The van der Waals surface area contributed by atoms with Gasteiger partial charge >= 0.3 is 12.2 Å². The monoisotopic (exact) mass is 372 g/mol. The molecule has 0 aromatic heterocycles. The summed E-state index contributed by atoms with van der Waals surface area (Å²) >= 11 is 0. The number of hydrogen-bond acceptors (Lipinski definition) is 6. The van der Waals surface area contributed by atoms with Crippen molar-refractivity contribution in [3.05, 3.63) is 29.8 Å². The summed E-state index contributed by atoms with van der Waals surface area (Å²) in [7, 11) is -4.35. The molecule has 0 aliphatic carbocycles.